The molecule has 0 saturated carbocycles. The summed E-state index contributed by atoms with van der Waals surface area (Å²) >= 11 is 1.95. The lowest BCUT2D eigenvalue weighted by atomic mass is 10.1. The van der Waals surface area contributed by atoms with Crippen LogP contribution in [0.2, 0.25) is 0 Å². The zero-order valence-corrected chi connectivity index (χ0v) is 14.7. The summed E-state index contributed by atoms with van der Waals surface area (Å²) in [6, 6.07) is 0.258. The fraction of sp³-hybridized carbons (Fsp3) is 0.875. The predicted octanol–water partition coefficient (Wildman–Crippen LogP) is 0.131. The highest BCUT2D eigenvalue weighted by molar-refractivity contribution is 7.99. The molecular weight excluding hydrogens is 314 g/mol. The van der Waals surface area contributed by atoms with Gasteiger partial charge in [-0.2, -0.15) is 11.8 Å². The zero-order chi connectivity index (χ0) is 16.2. The van der Waals surface area contributed by atoms with Crippen molar-refractivity contribution in [1.29, 1.82) is 0 Å². The molecule has 0 N–H and O–H groups in total. The van der Waals surface area contributed by atoms with Gasteiger partial charge >= 0.3 is 0 Å². The molecule has 3 aliphatic rings. The van der Waals surface area contributed by atoms with Gasteiger partial charge < -0.3 is 14.5 Å². The van der Waals surface area contributed by atoms with Gasteiger partial charge in [0.2, 0.25) is 11.8 Å². The van der Waals surface area contributed by atoms with Crippen LogP contribution in [0.5, 0.6) is 0 Å². The molecule has 3 aliphatic heterocycles. The van der Waals surface area contributed by atoms with Gasteiger partial charge in [0.25, 0.3) is 0 Å². The summed E-state index contributed by atoms with van der Waals surface area (Å²) in [4.78, 5) is 30.9. The average molecular weight is 341 g/mol. The van der Waals surface area contributed by atoms with E-state index in [0.29, 0.717) is 13.0 Å². The summed E-state index contributed by atoms with van der Waals surface area (Å²) in [6.07, 6.45) is 1.43. The van der Waals surface area contributed by atoms with E-state index in [0.717, 1.165) is 57.3 Å². The maximum Gasteiger partial charge on any atom is 0.228 e. The summed E-state index contributed by atoms with van der Waals surface area (Å²) < 4.78 is 5.42. The monoisotopic (exact) mass is 341 g/mol. The quantitative estimate of drug-likeness (QED) is 0.730. The van der Waals surface area contributed by atoms with Crippen LogP contribution in [0.15, 0.2) is 0 Å². The molecule has 0 aromatic heterocycles. The minimum atomic E-state index is -0.150. The van der Waals surface area contributed by atoms with Crippen molar-refractivity contribution in [3.8, 4) is 0 Å². The summed E-state index contributed by atoms with van der Waals surface area (Å²) in [5.74, 6) is 2.25. The second-order valence-electron chi connectivity index (χ2n) is 6.70. The second kappa shape index (κ2) is 7.85. The van der Waals surface area contributed by atoms with Crippen LogP contribution in [0.25, 0.3) is 0 Å². The van der Waals surface area contributed by atoms with Crippen molar-refractivity contribution in [3.05, 3.63) is 0 Å². The minimum absolute atomic E-state index is 0.0947. The van der Waals surface area contributed by atoms with Crippen LogP contribution in [0.1, 0.15) is 12.8 Å². The Morgan fingerprint density at radius 1 is 1.30 bits per heavy atom. The molecule has 0 radical (unpaired) electrons. The summed E-state index contributed by atoms with van der Waals surface area (Å²) in [7, 11) is 1.79. The van der Waals surface area contributed by atoms with Crippen LogP contribution in [-0.4, -0.2) is 97.0 Å². The molecule has 2 unspecified atom stereocenters. The van der Waals surface area contributed by atoms with Gasteiger partial charge in [-0.1, -0.05) is 0 Å². The van der Waals surface area contributed by atoms with E-state index in [4.69, 9.17) is 4.74 Å². The van der Waals surface area contributed by atoms with Crippen LogP contribution in [0, 0.1) is 5.92 Å². The molecule has 7 heteroatoms. The highest BCUT2D eigenvalue weighted by Crippen LogP contribution is 2.24. The third-order valence-electron chi connectivity index (χ3n) is 4.98. The number of ether oxygens (including phenoxy) is 1. The smallest absolute Gasteiger partial charge is 0.228 e. The first kappa shape index (κ1) is 17.0. The number of carbonyl (C=O) groups excluding carboxylic acids is 2. The zero-order valence-electron chi connectivity index (χ0n) is 13.9. The Morgan fingerprint density at radius 2 is 2.09 bits per heavy atom. The van der Waals surface area contributed by atoms with Gasteiger partial charge in [0.05, 0.1) is 25.2 Å². The molecule has 0 aromatic rings. The lowest BCUT2D eigenvalue weighted by Gasteiger charge is -2.36. The number of hydrogen-bond donors (Lipinski definition) is 0. The van der Waals surface area contributed by atoms with Crippen molar-refractivity contribution in [1.82, 2.24) is 14.7 Å². The van der Waals surface area contributed by atoms with Gasteiger partial charge in [0.15, 0.2) is 0 Å². The molecule has 23 heavy (non-hydrogen) atoms. The Kier molecular flexibility index (Phi) is 5.82. The number of rotatable bonds is 3. The molecule has 3 heterocycles. The molecule has 3 fully saturated rings. The number of nitrogens with zero attached hydrogens (tertiary/aromatic N) is 3. The minimum Gasteiger partial charge on any atom is -0.379 e. The van der Waals surface area contributed by atoms with E-state index < -0.39 is 0 Å². The lowest BCUT2D eigenvalue weighted by molar-refractivity contribution is -0.138. The first-order chi connectivity index (χ1) is 11.1. The molecule has 0 spiro atoms. The van der Waals surface area contributed by atoms with Gasteiger partial charge in [-0.3, -0.25) is 14.5 Å². The Bertz CT molecular complexity index is 442. The van der Waals surface area contributed by atoms with E-state index in [1.165, 1.54) is 0 Å². The fourth-order valence-corrected chi connectivity index (χ4v) is 4.67. The van der Waals surface area contributed by atoms with Crippen molar-refractivity contribution in [2.24, 2.45) is 5.92 Å². The fourth-order valence-electron chi connectivity index (χ4n) is 3.62. The second-order valence-corrected chi connectivity index (χ2v) is 7.85. The molecule has 0 aliphatic carbocycles. The van der Waals surface area contributed by atoms with Gasteiger partial charge in [0.1, 0.15) is 0 Å². The third-order valence-corrected chi connectivity index (χ3v) is 6.18. The van der Waals surface area contributed by atoms with E-state index in [2.05, 4.69) is 9.80 Å². The molecule has 130 valence electrons. The van der Waals surface area contributed by atoms with Crippen molar-refractivity contribution in [3.63, 3.8) is 0 Å². The third kappa shape index (κ3) is 4.19. The number of amides is 2. The highest BCUT2D eigenvalue weighted by Gasteiger charge is 2.37. The predicted molar refractivity (Wildman–Crippen MR) is 90.4 cm³/mol. The van der Waals surface area contributed by atoms with Gasteiger partial charge in [-0.15, -0.1) is 0 Å². The van der Waals surface area contributed by atoms with Crippen LogP contribution in [0.4, 0.5) is 0 Å². The van der Waals surface area contributed by atoms with E-state index in [-0.39, 0.29) is 23.8 Å². The largest absolute Gasteiger partial charge is 0.379 e. The summed E-state index contributed by atoms with van der Waals surface area (Å²) in [5, 5.41) is 0. The summed E-state index contributed by atoms with van der Waals surface area (Å²) in [6.45, 7) is 5.81. The van der Waals surface area contributed by atoms with E-state index in [1.807, 2.05) is 11.8 Å². The standard InChI is InChI=1S/C16H27N3O3S/c1-17-10-13(9-15(17)20)16(21)19-3-2-8-23-12-14(19)11-18-4-6-22-7-5-18/h13-14H,2-12H2,1H3. The van der Waals surface area contributed by atoms with Gasteiger partial charge in [-0.25, -0.2) is 0 Å². The van der Waals surface area contributed by atoms with Gasteiger partial charge in [-0.05, 0) is 12.2 Å². The van der Waals surface area contributed by atoms with Crippen molar-refractivity contribution in [2.45, 2.75) is 18.9 Å². The Hall–Kier alpha value is -0.790. The maximum absolute atomic E-state index is 13.0. The first-order valence-corrected chi connectivity index (χ1v) is 9.73. The number of likely N-dealkylation sites (tertiary alicyclic amines) is 1. The Balaban J connectivity index is 1.65. The Labute approximate surface area is 142 Å². The van der Waals surface area contributed by atoms with Crippen LogP contribution in [-0.2, 0) is 14.3 Å². The molecule has 6 nitrogen and oxygen atoms in total. The van der Waals surface area contributed by atoms with Crippen molar-refractivity contribution in [2.75, 3.05) is 64.5 Å². The molecule has 2 amide bonds. The van der Waals surface area contributed by atoms with Gasteiger partial charge in [0, 0.05) is 51.9 Å². The van der Waals surface area contributed by atoms with Crippen molar-refractivity contribution >= 4 is 23.6 Å². The van der Waals surface area contributed by atoms with Crippen LogP contribution >= 0.6 is 11.8 Å². The topological polar surface area (TPSA) is 53.1 Å². The highest BCUT2D eigenvalue weighted by atomic mass is 32.2. The molecule has 3 rings (SSSR count). The van der Waals surface area contributed by atoms with E-state index >= 15 is 0 Å². The number of thioether (sulfide) groups is 1. The normalized spacial score (nSPS) is 30.6. The van der Waals surface area contributed by atoms with Crippen LogP contribution in [0.3, 0.4) is 0 Å². The Morgan fingerprint density at radius 3 is 2.78 bits per heavy atom. The number of carbonyl (C=O) groups is 2. The van der Waals surface area contributed by atoms with Crippen molar-refractivity contribution < 1.29 is 14.3 Å². The summed E-state index contributed by atoms with van der Waals surface area (Å²) in [5.41, 5.74) is 0. The molecule has 3 saturated heterocycles. The SMILES string of the molecule is CN1CC(C(=O)N2CCCSCC2CN2CCOCC2)CC1=O. The van der Waals surface area contributed by atoms with E-state index in [9.17, 15) is 9.59 Å². The number of hydrogen-bond acceptors (Lipinski definition) is 5. The lowest BCUT2D eigenvalue weighted by Crippen LogP contribution is -2.52. The molecular formula is C16H27N3O3S. The maximum atomic E-state index is 13.0. The first-order valence-electron chi connectivity index (χ1n) is 8.57. The van der Waals surface area contributed by atoms with E-state index in [1.54, 1.807) is 11.9 Å². The number of morpholine rings is 1. The average Bonchev–Trinajstić information content (AvgIpc) is 2.75. The molecule has 2 atom stereocenters. The molecule has 0 bridgehead atoms. The molecule has 0 aromatic carbocycles. The van der Waals surface area contributed by atoms with Crippen LogP contribution < -0.4 is 0 Å².